The second-order valence-corrected chi connectivity index (χ2v) is 8.92. The second-order valence-electron chi connectivity index (χ2n) is 6.04. The number of benzene rings is 2. The van der Waals surface area contributed by atoms with Crippen molar-refractivity contribution in [1.29, 1.82) is 0 Å². The van der Waals surface area contributed by atoms with E-state index in [-0.39, 0.29) is 29.8 Å². The predicted octanol–water partition coefficient (Wildman–Crippen LogP) is 3.58. The van der Waals surface area contributed by atoms with Gasteiger partial charge in [0.25, 0.3) is 0 Å². The fraction of sp³-hybridized carbons (Fsp3) is 0.316. The molecule has 0 saturated heterocycles. The van der Waals surface area contributed by atoms with Crippen LogP contribution in [0.3, 0.4) is 0 Å². The van der Waals surface area contributed by atoms with Gasteiger partial charge in [-0.1, -0.05) is 18.2 Å². The lowest BCUT2D eigenvalue weighted by Gasteiger charge is -2.14. The van der Waals surface area contributed by atoms with Crippen LogP contribution >= 0.6 is 35.7 Å². The van der Waals surface area contributed by atoms with Crippen LogP contribution in [-0.4, -0.2) is 33.9 Å². The summed E-state index contributed by atoms with van der Waals surface area (Å²) in [5.74, 6) is 1.12. The Kier molecular flexibility index (Phi) is 10.3. The van der Waals surface area contributed by atoms with Gasteiger partial charge in [0.1, 0.15) is 5.82 Å². The van der Waals surface area contributed by atoms with E-state index in [1.807, 2.05) is 6.26 Å². The van der Waals surface area contributed by atoms with Crippen LogP contribution in [0.1, 0.15) is 16.7 Å². The zero-order valence-electron chi connectivity index (χ0n) is 16.0. The molecule has 0 spiro atoms. The van der Waals surface area contributed by atoms with Crippen LogP contribution < -0.4 is 10.6 Å². The van der Waals surface area contributed by atoms with E-state index in [1.165, 1.54) is 12.3 Å². The van der Waals surface area contributed by atoms with E-state index in [2.05, 4.69) is 15.6 Å². The normalized spacial score (nSPS) is 11.6. The molecular formula is C19H25FIN3O2S2. The Morgan fingerprint density at radius 3 is 2.29 bits per heavy atom. The molecule has 2 N–H and O–H groups in total. The highest BCUT2D eigenvalue weighted by molar-refractivity contribution is 14.0. The smallest absolute Gasteiger partial charge is 0.191 e. The molecule has 0 aliphatic carbocycles. The molecule has 0 fully saturated rings. The van der Waals surface area contributed by atoms with Crippen LogP contribution in [0.2, 0.25) is 0 Å². The van der Waals surface area contributed by atoms with Crippen molar-refractivity contribution in [2.75, 3.05) is 19.6 Å². The van der Waals surface area contributed by atoms with Gasteiger partial charge in [0.15, 0.2) is 15.8 Å². The van der Waals surface area contributed by atoms with Crippen molar-refractivity contribution in [3.05, 3.63) is 65.0 Å². The van der Waals surface area contributed by atoms with Gasteiger partial charge in [0.05, 0.1) is 4.90 Å². The van der Waals surface area contributed by atoms with Crippen molar-refractivity contribution < 1.29 is 12.8 Å². The third kappa shape index (κ3) is 7.59. The standard InChI is InChI=1S/C19H24FN3O2S2.HI/c1-21-19(22-11-14-4-8-18(9-5-14)27(3,24)25)23-12-15-6-7-17(20)10-16(15)13-26-2;/h4-10H,11-13H2,1-3H3,(H2,21,22,23);1H. The number of guanidine groups is 1. The molecule has 0 heterocycles. The van der Waals surface area contributed by atoms with Gasteiger partial charge < -0.3 is 10.6 Å². The summed E-state index contributed by atoms with van der Waals surface area (Å²) in [4.78, 5) is 4.49. The van der Waals surface area contributed by atoms with Crippen LogP contribution in [-0.2, 0) is 28.7 Å². The van der Waals surface area contributed by atoms with Gasteiger partial charge in [-0.2, -0.15) is 11.8 Å². The van der Waals surface area contributed by atoms with Crippen molar-refractivity contribution in [2.24, 2.45) is 4.99 Å². The van der Waals surface area contributed by atoms with Crippen LogP contribution in [0, 0.1) is 5.82 Å². The van der Waals surface area contributed by atoms with Gasteiger partial charge in [-0.25, -0.2) is 12.8 Å². The van der Waals surface area contributed by atoms with Crippen molar-refractivity contribution in [3.8, 4) is 0 Å². The molecule has 0 amide bonds. The van der Waals surface area contributed by atoms with Gasteiger partial charge in [-0.3, -0.25) is 4.99 Å². The van der Waals surface area contributed by atoms with Gasteiger partial charge in [-0.05, 0) is 47.2 Å². The molecule has 0 atom stereocenters. The molecule has 28 heavy (non-hydrogen) atoms. The lowest BCUT2D eigenvalue weighted by molar-refractivity contribution is 0.602. The molecular weight excluding hydrogens is 512 g/mol. The number of hydrogen-bond acceptors (Lipinski definition) is 4. The molecule has 5 nitrogen and oxygen atoms in total. The summed E-state index contributed by atoms with van der Waals surface area (Å²) in [7, 11) is -1.52. The molecule has 2 rings (SSSR count). The Morgan fingerprint density at radius 2 is 1.71 bits per heavy atom. The molecule has 0 bridgehead atoms. The summed E-state index contributed by atoms with van der Waals surface area (Å²) in [6.07, 6.45) is 3.17. The molecule has 0 aliphatic rings. The first-order valence-electron chi connectivity index (χ1n) is 8.33. The molecule has 0 unspecified atom stereocenters. The van der Waals surface area contributed by atoms with Crippen LogP contribution in [0.25, 0.3) is 0 Å². The quantitative estimate of drug-likeness (QED) is 0.321. The van der Waals surface area contributed by atoms with E-state index in [9.17, 15) is 12.8 Å². The van der Waals surface area contributed by atoms with Gasteiger partial charge >= 0.3 is 0 Å². The third-order valence-corrected chi connectivity index (χ3v) is 5.68. The fourth-order valence-electron chi connectivity index (χ4n) is 2.50. The topological polar surface area (TPSA) is 70.6 Å². The van der Waals surface area contributed by atoms with Gasteiger partial charge in [0.2, 0.25) is 0 Å². The maximum atomic E-state index is 13.4. The first kappa shape index (κ1) is 24.7. The minimum absolute atomic E-state index is 0. The number of hydrogen-bond donors (Lipinski definition) is 2. The largest absolute Gasteiger partial charge is 0.352 e. The molecule has 0 aliphatic heterocycles. The minimum atomic E-state index is -3.19. The lowest BCUT2D eigenvalue weighted by atomic mass is 10.1. The summed E-state index contributed by atoms with van der Waals surface area (Å²) < 4.78 is 36.4. The van der Waals surface area contributed by atoms with Crippen LogP contribution in [0.5, 0.6) is 0 Å². The average Bonchev–Trinajstić information content (AvgIpc) is 2.63. The van der Waals surface area contributed by atoms with Gasteiger partial charge in [-0.15, -0.1) is 24.0 Å². The van der Waals surface area contributed by atoms with E-state index in [0.29, 0.717) is 23.9 Å². The summed E-state index contributed by atoms with van der Waals surface area (Å²) in [6, 6.07) is 11.5. The maximum absolute atomic E-state index is 13.4. The molecule has 2 aromatic carbocycles. The highest BCUT2D eigenvalue weighted by Gasteiger charge is 2.07. The number of nitrogens with zero attached hydrogens (tertiary/aromatic N) is 1. The highest BCUT2D eigenvalue weighted by Crippen LogP contribution is 2.16. The SMILES string of the molecule is CN=C(NCc1ccc(S(C)(=O)=O)cc1)NCc1ccc(F)cc1CSC.I. The molecule has 0 saturated carbocycles. The first-order valence-corrected chi connectivity index (χ1v) is 11.6. The Morgan fingerprint density at radius 1 is 1.07 bits per heavy atom. The predicted molar refractivity (Wildman–Crippen MR) is 126 cm³/mol. The van der Waals surface area contributed by atoms with Crippen molar-refractivity contribution in [1.82, 2.24) is 10.6 Å². The Balaban J connectivity index is 0.00000392. The van der Waals surface area contributed by atoms with E-state index in [4.69, 9.17) is 0 Å². The average molecular weight is 537 g/mol. The summed E-state index contributed by atoms with van der Waals surface area (Å²) >= 11 is 1.64. The number of thioether (sulfide) groups is 1. The molecule has 9 heteroatoms. The van der Waals surface area contributed by atoms with Gasteiger partial charge in [0, 0.05) is 32.1 Å². The minimum Gasteiger partial charge on any atom is -0.352 e. The zero-order valence-corrected chi connectivity index (χ0v) is 20.0. The molecule has 0 radical (unpaired) electrons. The Hall–Kier alpha value is -1.33. The first-order chi connectivity index (χ1) is 12.8. The number of halogens is 2. The van der Waals surface area contributed by atoms with Crippen LogP contribution in [0.15, 0.2) is 52.4 Å². The molecule has 0 aromatic heterocycles. The second kappa shape index (κ2) is 11.6. The Labute approximate surface area is 187 Å². The number of sulfone groups is 1. The lowest BCUT2D eigenvalue weighted by Crippen LogP contribution is -2.36. The number of aliphatic imine (C=N–C) groups is 1. The van der Waals surface area contributed by atoms with Crippen molar-refractivity contribution in [3.63, 3.8) is 0 Å². The van der Waals surface area contributed by atoms with E-state index >= 15 is 0 Å². The number of nitrogens with one attached hydrogen (secondary N) is 2. The summed E-state index contributed by atoms with van der Waals surface area (Å²) in [5.41, 5.74) is 2.92. The summed E-state index contributed by atoms with van der Waals surface area (Å²) in [6.45, 7) is 1.04. The monoisotopic (exact) mass is 537 g/mol. The van der Waals surface area contributed by atoms with E-state index in [0.717, 1.165) is 22.4 Å². The highest BCUT2D eigenvalue weighted by atomic mass is 127. The van der Waals surface area contributed by atoms with E-state index < -0.39 is 9.84 Å². The molecule has 154 valence electrons. The van der Waals surface area contributed by atoms with Crippen LogP contribution in [0.4, 0.5) is 4.39 Å². The third-order valence-electron chi connectivity index (χ3n) is 3.95. The maximum Gasteiger partial charge on any atom is 0.191 e. The van der Waals surface area contributed by atoms with Crippen molar-refractivity contribution >= 4 is 51.5 Å². The number of rotatable bonds is 7. The fourth-order valence-corrected chi connectivity index (χ4v) is 3.71. The Bertz CT molecular complexity index is 904. The summed E-state index contributed by atoms with van der Waals surface area (Å²) in [5, 5.41) is 6.41. The molecule has 2 aromatic rings. The van der Waals surface area contributed by atoms with Crippen molar-refractivity contribution in [2.45, 2.75) is 23.7 Å². The zero-order chi connectivity index (χ0) is 19.9. The van der Waals surface area contributed by atoms with E-state index in [1.54, 1.807) is 55.2 Å².